The van der Waals surface area contributed by atoms with E-state index in [0.717, 1.165) is 12.4 Å². The van der Waals surface area contributed by atoms with Gasteiger partial charge in [-0.15, -0.1) is 0 Å². The summed E-state index contributed by atoms with van der Waals surface area (Å²) in [5.74, 6) is -0.775. The van der Waals surface area contributed by atoms with Crippen LogP contribution in [0.25, 0.3) is 0 Å². The van der Waals surface area contributed by atoms with Crippen LogP contribution in [0, 0.1) is 5.82 Å². The minimum atomic E-state index is -0.614. The molecule has 0 bridgehead atoms. The van der Waals surface area contributed by atoms with E-state index in [1.54, 1.807) is 20.8 Å². The number of piperazine rings is 1. The lowest BCUT2D eigenvalue weighted by atomic mass is 10.2. The summed E-state index contributed by atoms with van der Waals surface area (Å²) in [5, 5.41) is 0. The molecule has 0 radical (unpaired) electrons. The molecular formula is C13H17FN4O3. The summed E-state index contributed by atoms with van der Waals surface area (Å²) in [7, 11) is 0. The van der Waals surface area contributed by atoms with Crippen LogP contribution >= 0.6 is 0 Å². The molecule has 8 heteroatoms. The van der Waals surface area contributed by atoms with Gasteiger partial charge in [0, 0.05) is 13.1 Å². The van der Waals surface area contributed by atoms with Crippen LogP contribution in [0.3, 0.4) is 0 Å². The number of carbonyl (C=O) groups is 2. The first-order chi connectivity index (χ1) is 9.76. The molecular weight excluding hydrogens is 279 g/mol. The zero-order valence-electron chi connectivity index (χ0n) is 12.2. The van der Waals surface area contributed by atoms with Crippen LogP contribution in [-0.4, -0.2) is 52.1 Å². The van der Waals surface area contributed by atoms with Gasteiger partial charge < -0.3 is 4.74 Å². The Morgan fingerprint density at radius 3 is 2.43 bits per heavy atom. The third-order valence-corrected chi connectivity index (χ3v) is 2.72. The number of aromatic nitrogens is 2. The number of hydrogen-bond acceptors (Lipinski definition) is 5. The summed E-state index contributed by atoms with van der Waals surface area (Å²) >= 11 is 0. The molecule has 0 aliphatic carbocycles. The van der Waals surface area contributed by atoms with E-state index in [9.17, 15) is 14.0 Å². The summed E-state index contributed by atoms with van der Waals surface area (Å²) in [5.41, 5.74) is -0.614. The fourth-order valence-corrected chi connectivity index (χ4v) is 1.81. The number of hydrogen-bond donors (Lipinski definition) is 0. The third-order valence-electron chi connectivity index (χ3n) is 2.72. The van der Waals surface area contributed by atoms with Crippen LogP contribution in [0.15, 0.2) is 12.4 Å². The zero-order chi connectivity index (χ0) is 15.6. The minimum Gasteiger partial charge on any atom is -0.444 e. The molecule has 0 atom stereocenters. The fraction of sp³-hybridized carbons (Fsp3) is 0.538. The maximum atomic E-state index is 12.8. The van der Waals surface area contributed by atoms with Crippen molar-refractivity contribution in [2.75, 3.05) is 24.5 Å². The van der Waals surface area contributed by atoms with Crippen molar-refractivity contribution in [2.45, 2.75) is 26.4 Å². The molecule has 1 aromatic heterocycles. The highest BCUT2D eigenvalue weighted by Gasteiger charge is 2.31. The average molecular weight is 296 g/mol. The van der Waals surface area contributed by atoms with E-state index in [1.807, 2.05) is 0 Å². The molecule has 0 saturated carbocycles. The van der Waals surface area contributed by atoms with Gasteiger partial charge in [-0.2, -0.15) is 0 Å². The van der Waals surface area contributed by atoms with Gasteiger partial charge in [0.1, 0.15) is 12.1 Å². The Morgan fingerprint density at radius 1 is 1.29 bits per heavy atom. The molecule has 1 aliphatic rings. The number of anilines is 1. The summed E-state index contributed by atoms with van der Waals surface area (Å²) in [6.45, 7) is 5.71. The molecule has 0 aromatic carbocycles. The summed E-state index contributed by atoms with van der Waals surface area (Å²) in [4.78, 5) is 34.1. The fourth-order valence-electron chi connectivity index (χ4n) is 1.81. The molecule has 1 saturated heterocycles. The second kappa shape index (κ2) is 5.63. The van der Waals surface area contributed by atoms with Crippen molar-refractivity contribution < 1.29 is 18.7 Å². The lowest BCUT2D eigenvalue weighted by Crippen LogP contribution is -2.53. The minimum absolute atomic E-state index is 0.115. The van der Waals surface area contributed by atoms with Crippen molar-refractivity contribution in [1.29, 1.82) is 0 Å². The van der Waals surface area contributed by atoms with Crippen molar-refractivity contribution in [1.82, 2.24) is 14.9 Å². The summed E-state index contributed by atoms with van der Waals surface area (Å²) in [6.07, 6.45) is 1.46. The second-order valence-electron chi connectivity index (χ2n) is 5.65. The van der Waals surface area contributed by atoms with E-state index in [4.69, 9.17) is 4.74 Å². The number of halogens is 1. The van der Waals surface area contributed by atoms with Gasteiger partial charge >= 0.3 is 6.09 Å². The molecule has 2 heterocycles. The van der Waals surface area contributed by atoms with Crippen LogP contribution in [0.1, 0.15) is 20.8 Å². The highest BCUT2D eigenvalue weighted by Crippen LogP contribution is 2.15. The first-order valence-corrected chi connectivity index (χ1v) is 6.52. The quantitative estimate of drug-likeness (QED) is 0.778. The Hall–Kier alpha value is -2.25. The summed E-state index contributed by atoms with van der Waals surface area (Å²) < 4.78 is 18.0. The highest BCUT2D eigenvalue weighted by atomic mass is 19.1. The van der Waals surface area contributed by atoms with Crippen molar-refractivity contribution in [2.24, 2.45) is 0 Å². The van der Waals surface area contributed by atoms with Crippen LogP contribution in [-0.2, 0) is 9.53 Å². The monoisotopic (exact) mass is 296 g/mol. The van der Waals surface area contributed by atoms with E-state index in [2.05, 4.69) is 9.97 Å². The van der Waals surface area contributed by atoms with Crippen LogP contribution < -0.4 is 4.90 Å². The first-order valence-electron chi connectivity index (χ1n) is 6.52. The number of rotatable bonds is 1. The molecule has 0 unspecified atom stereocenters. The summed E-state index contributed by atoms with van der Waals surface area (Å²) in [6, 6.07) is 0. The van der Waals surface area contributed by atoms with Crippen LogP contribution in [0.4, 0.5) is 15.1 Å². The van der Waals surface area contributed by atoms with E-state index in [-0.39, 0.29) is 24.9 Å². The molecule has 0 spiro atoms. The maximum absolute atomic E-state index is 12.8. The van der Waals surface area contributed by atoms with Crippen molar-refractivity contribution in [3.05, 3.63) is 18.2 Å². The predicted octanol–water partition coefficient (Wildman–Crippen LogP) is 1.20. The van der Waals surface area contributed by atoms with Gasteiger partial charge in [-0.05, 0) is 20.8 Å². The standard InChI is InChI=1S/C13H17FN4O3/c1-13(2,3)21-12(20)17-4-5-18(10(19)8-17)11-15-6-9(14)7-16-11/h6-7H,4-5,8H2,1-3H3. The van der Waals surface area contributed by atoms with Gasteiger partial charge in [-0.25, -0.2) is 19.2 Å². The SMILES string of the molecule is CC(C)(C)OC(=O)N1CCN(c2ncc(F)cn2)C(=O)C1. The molecule has 2 amide bonds. The topological polar surface area (TPSA) is 75.6 Å². The maximum Gasteiger partial charge on any atom is 0.410 e. The predicted molar refractivity (Wildman–Crippen MR) is 72.2 cm³/mol. The lowest BCUT2D eigenvalue weighted by Gasteiger charge is -2.34. The third kappa shape index (κ3) is 3.87. The molecule has 2 rings (SSSR count). The van der Waals surface area contributed by atoms with E-state index >= 15 is 0 Å². The van der Waals surface area contributed by atoms with Gasteiger partial charge in [-0.1, -0.05) is 0 Å². The Balaban J connectivity index is 2.01. The largest absolute Gasteiger partial charge is 0.444 e. The zero-order valence-corrected chi connectivity index (χ0v) is 12.2. The number of carbonyl (C=O) groups excluding carboxylic acids is 2. The van der Waals surface area contributed by atoms with Crippen LogP contribution in [0.5, 0.6) is 0 Å². The molecule has 21 heavy (non-hydrogen) atoms. The van der Waals surface area contributed by atoms with Gasteiger partial charge in [0.25, 0.3) is 0 Å². The van der Waals surface area contributed by atoms with Gasteiger partial charge in [0.15, 0.2) is 5.82 Å². The Bertz CT molecular complexity index is 541. The van der Waals surface area contributed by atoms with E-state index in [0.29, 0.717) is 6.54 Å². The number of nitrogens with zero attached hydrogens (tertiary/aromatic N) is 4. The lowest BCUT2D eigenvalue weighted by molar-refractivity contribution is -0.121. The van der Waals surface area contributed by atoms with E-state index in [1.165, 1.54) is 9.80 Å². The molecule has 0 N–H and O–H groups in total. The Morgan fingerprint density at radius 2 is 1.90 bits per heavy atom. The van der Waals surface area contributed by atoms with Gasteiger partial charge in [-0.3, -0.25) is 14.6 Å². The van der Waals surface area contributed by atoms with Crippen LogP contribution in [0.2, 0.25) is 0 Å². The van der Waals surface area contributed by atoms with E-state index < -0.39 is 17.5 Å². The Kier molecular flexibility index (Phi) is 4.06. The molecule has 1 fully saturated rings. The van der Waals surface area contributed by atoms with Crippen molar-refractivity contribution in [3.63, 3.8) is 0 Å². The average Bonchev–Trinajstić information content (AvgIpc) is 2.38. The van der Waals surface area contributed by atoms with Gasteiger partial charge in [0.05, 0.1) is 12.4 Å². The van der Waals surface area contributed by atoms with Gasteiger partial charge in [0.2, 0.25) is 11.9 Å². The van der Waals surface area contributed by atoms with Crippen molar-refractivity contribution >= 4 is 17.9 Å². The molecule has 7 nitrogen and oxygen atoms in total. The number of ether oxygens (including phenoxy) is 1. The first kappa shape index (κ1) is 15.1. The molecule has 1 aliphatic heterocycles. The second-order valence-corrected chi connectivity index (χ2v) is 5.65. The smallest absolute Gasteiger partial charge is 0.410 e. The van der Waals surface area contributed by atoms with Crippen molar-refractivity contribution in [3.8, 4) is 0 Å². The molecule has 114 valence electrons. The Labute approximate surface area is 121 Å². The molecule has 1 aromatic rings. The normalized spacial score (nSPS) is 16.1. The number of amides is 2. The highest BCUT2D eigenvalue weighted by molar-refractivity contribution is 5.95.